The summed E-state index contributed by atoms with van der Waals surface area (Å²) in [7, 11) is -2.88. The predicted octanol–water partition coefficient (Wildman–Crippen LogP) is 0.706. The van der Waals surface area contributed by atoms with Gasteiger partial charge in [0.15, 0.2) is 0 Å². The summed E-state index contributed by atoms with van der Waals surface area (Å²) in [5.74, 6) is -0.705. The normalized spacial score (nSPS) is 18.0. The van der Waals surface area contributed by atoms with Crippen LogP contribution in [0.5, 0.6) is 0 Å². The van der Waals surface area contributed by atoms with Gasteiger partial charge in [-0.25, -0.2) is 0 Å². The molecule has 1 atom stereocenters. The summed E-state index contributed by atoms with van der Waals surface area (Å²) < 4.78 is 29.6. The first-order chi connectivity index (χ1) is 11.6. The van der Waals surface area contributed by atoms with Crippen molar-refractivity contribution < 1.29 is 22.2 Å². The van der Waals surface area contributed by atoms with Crippen LogP contribution in [0.2, 0.25) is 0 Å². The Morgan fingerprint density at radius 2 is 2.04 bits per heavy atom. The van der Waals surface area contributed by atoms with Crippen LogP contribution in [0.25, 0.3) is 0 Å². The summed E-state index contributed by atoms with van der Waals surface area (Å²) in [6, 6.07) is 6.81. The van der Waals surface area contributed by atoms with Crippen LogP contribution in [0.3, 0.4) is 0 Å². The maximum absolute atomic E-state index is 12.3. The summed E-state index contributed by atoms with van der Waals surface area (Å²) in [5.41, 5.74) is 0.710. The van der Waals surface area contributed by atoms with E-state index in [9.17, 15) is 18.0 Å². The summed E-state index contributed by atoms with van der Waals surface area (Å²) in [4.78, 5) is 24.6. The zero-order valence-corrected chi connectivity index (χ0v) is 15.3. The second-order valence-electron chi connectivity index (χ2n) is 6.59. The third kappa shape index (κ3) is 5.52. The maximum Gasteiger partial charge on any atom is 0.336 e. The second-order valence-corrected chi connectivity index (χ2v) is 8.03. The molecule has 0 spiro atoms. The van der Waals surface area contributed by atoms with Gasteiger partial charge in [0.2, 0.25) is 11.8 Å². The van der Waals surface area contributed by atoms with Crippen LogP contribution in [0, 0.1) is 0 Å². The van der Waals surface area contributed by atoms with Crippen molar-refractivity contribution >= 4 is 27.8 Å². The quantitative estimate of drug-likeness (QED) is 0.683. The van der Waals surface area contributed by atoms with Gasteiger partial charge in [-0.1, -0.05) is 18.2 Å². The van der Waals surface area contributed by atoms with Crippen LogP contribution in [0.4, 0.5) is 5.69 Å². The Balaban J connectivity index is 1.98. The van der Waals surface area contributed by atoms with E-state index in [2.05, 4.69) is 19.5 Å². The molecule has 2 amide bonds. The van der Waals surface area contributed by atoms with E-state index in [0.717, 1.165) is 18.4 Å². The SMILES string of the molecule is COS(=O)(=O)NC(C)(C)CC(=O)NC1CCc2ccccc2NC1=O. The minimum Gasteiger partial charge on any atom is -0.344 e. The molecule has 0 bridgehead atoms. The number of anilines is 1. The van der Waals surface area contributed by atoms with Crippen molar-refractivity contribution in [1.82, 2.24) is 10.0 Å². The van der Waals surface area contributed by atoms with Crippen molar-refractivity contribution in [3.8, 4) is 0 Å². The van der Waals surface area contributed by atoms with Gasteiger partial charge < -0.3 is 10.6 Å². The predicted molar refractivity (Wildman–Crippen MR) is 93.1 cm³/mol. The molecule has 9 heteroatoms. The first kappa shape index (κ1) is 19.4. The molecular weight excluding hydrogens is 346 g/mol. The van der Waals surface area contributed by atoms with E-state index >= 15 is 0 Å². The Kier molecular flexibility index (Phi) is 5.81. The van der Waals surface area contributed by atoms with Gasteiger partial charge in [-0.05, 0) is 38.3 Å². The topological polar surface area (TPSA) is 114 Å². The third-order valence-electron chi connectivity index (χ3n) is 3.85. The smallest absolute Gasteiger partial charge is 0.336 e. The highest BCUT2D eigenvalue weighted by atomic mass is 32.2. The number of rotatable bonds is 6. The number of carbonyl (C=O) groups excluding carboxylic acids is 2. The van der Waals surface area contributed by atoms with Gasteiger partial charge in [0, 0.05) is 17.6 Å². The summed E-state index contributed by atoms with van der Waals surface area (Å²) in [6.07, 6.45) is 0.991. The number of nitrogens with one attached hydrogen (secondary N) is 3. The Morgan fingerprint density at radius 3 is 2.72 bits per heavy atom. The van der Waals surface area contributed by atoms with Crippen LogP contribution in [0.15, 0.2) is 24.3 Å². The minimum atomic E-state index is -3.92. The number of amides is 2. The highest BCUT2D eigenvalue weighted by molar-refractivity contribution is 7.84. The number of benzene rings is 1. The van der Waals surface area contributed by atoms with E-state index in [4.69, 9.17) is 0 Å². The molecule has 25 heavy (non-hydrogen) atoms. The number of carbonyl (C=O) groups is 2. The molecule has 3 N–H and O–H groups in total. The Bertz CT molecular complexity index is 761. The molecule has 0 aromatic heterocycles. The Hall–Kier alpha value is -1.97. The average Bonchev–Trinajstić information content (AvgIpc) is 2.65. The molecule has 0 saturated heterocycles. The van der Waals surface area contributed by atoms with Gasteiger partial charge in [-0.15, -0.1) is 0 Å². The number of para-hydroxylation sites is 1. The van der Waals surface area contributed by atoms with Crippen molar-refractivity contribution in [3.63, 3.8) is 0 Å². The summed E-state index contributed by atoms with van der Waals surface area (Å²) in [5, 5.41) is 5.48. The average molecular weight is 369 g/mol. The number of aryl methyl sites for hydroxylation is 1. The number of hydrogen-bond acceptors (Lipinski definition) is 5. The monoisotopic (exact) mass is 369 g/mol. The number of fused-ring (bicyclic) bond motifs is 1. The van der Waals surface area contributed by atoms with Gasteiger partial charge in [-0.2, -0.15) is 13.1 Å². The standard InChI is InChI=1S/C16H23N3O5S/c1-16(2,19-25(22,23)24-3)10-14(20)17-13-9-8-11-6-4-5-7-12(11)18-15(13)21/h4-7,13,19H,8-10H2,1-3H3,(H,17,20)(H,18,21). The van der Waals surface area contributed by atoms with E-state index in [-0.39, 0.29) is 12.3 Å². The van der Waals surface area contributed by atoms with Crippen molar-refractivity contribution in [3.05, 3.63) is 29.8 Å². The molecule has 0 aliphatic carbocycles. The van der Waals surface area contributed by atoms with Gasteiger partial charge in [-0.3, -0.25) is 13.8 Å². The van der Waals surface area contributed by atoms with Gasteiger partial charge in [0.05, 0.1) is 7.11 Å². The summed E-state index contributed by atoms with van der Waals surface area (Å²) >= 11 is 0. The van der Waals surface area contributed by atoms with Crippen LogP contribution in [-0.4, -0.2) is 38.9 Å². The number of hydrogen-bond donors (Lipinski definition) is 3. The highest BCUT2D eigenvalue weighted by Gasteiger charge is 2.30. The van der Waals surface area contributed by atoms with Gasteiger partial charge >= 0.3 is 10.3 Å². The molecule has 1 aromatic carbocycles. The van der Waals surface area contributed by atoms with Crippen molar-refractivity contribution in [2.75, 3.05) is 12.4 Å². The molecule has 1 aliphatic rings. The molecule has 1 heterocycles. The molecule has 1 unspecified atom stereocenters. The fraction of sp³-hybridized carbons (Fsp3) is 0.500. The lowest BCUT2D eigenvalue weighted by Crippen LogP contribution is -2.50. The molecular formula is C16H23N3O5S. The maximum atomic E-state index is 12.3. The van der Waals surface area contributed by atoms with Gasteiger partial charge in [0.1, 0.15) is 6.04 Å². The molecule has 0 radical (unpaired) electrons. The first-order valence-corrected chi connectivity index (χ1v) is 9.30. The first-order valence-electron chi connectivity index (χ1n) is 7.89. The fourth-order valence-corrected chi connectivity index (χ4v) is 3.54. The molecule has 0 saturated carbocycles. The minimum absolute atomic E-state index is 0.133. The lowest BCUT2D eigenvalue weighted by Gasteiger charge is -2.25. The van der Waals surface area contributed by atoms with E-state index in [0.29, 0.717) is 12.8 Å². The van der Waals surface area contributed by atoms with E-state index in [1.54, 1.807) is 13.8 Å². The fourth-order valence-electron chi connectivity index (χ4n) is 2.71. The van der Waals surface area contributed by atoms with E-state index < -0.39 is 27.8 Å². The lowest BCUT2D eigenvalue weighted by atomic mass is 10.0. The third-order valence-corrected chi connectivity index (χ3v) is 5.09. The Morgan fingerprint density at radius 1 is 1.36 bits per heavy atom. The van der Waals surface area contributed by atoms with E-state index in [1.165, 1.54) is 0 Å². The molecule has 138 valence electrons. The molecule has 0 fully saturated rings. The van der Waals surface area contributed by atoms with Crippen LogP contribution >= 0.6 is 0 Å². The lowest BCUT2D eigenvalue weighted by molar-refractivity contribution is -0.127. The van der Waals surface area contributed by atoms with E-state index in [1.807, 2.05) is 24.3 Å². The molecule has 8 nitrogen and oxygen atoms in total. The zero-order valence-electron chi connectivity index (χ0n) is 14.5. The molecule has 2 rings (SSSR count). The van der Waals surface area contributed by atoms with Crippen LogP contribution in [-0.2, 0) is 30.5 Å². The molecule has 1 aromatic rings. The summed E-state index contributed by atoms with van der Waals surface area (Å²) in [6.45, 7) is 3.12. The Labute approximate surface area is 147 Å². The van der Waals surface area contributed by atoms with Crippen LogP contribution in [0.1, 0.15) is 32.3 Å². The molecule has 1 aliphatic heterocycles. The van der Waals surface area contributed by atoms with Crippen molar-refractivity contribution in [2.24, 2.45) is 0 Å². The zero-order chi connectivity index (χ0) is 18.7. The second kappa shape index (κ2) is 7.51. The highest BCUT2D eigenvalue weighted by Crippen LogP contribution is 2.21. The van der Waals surface area contributed by atoms with Crippen LogP contribution < -0.4 is 15.4 Å². The van der Waals surface area contributed by atoms with Gasteiger partial charge in [0.25, 0.3) is 0 Å². The van der Waals surface area contributed by atoms with Crippen molar-refractivity contribution in [2.45, 2.75) is 44.7 Å². The largest absolute Gasteiger partial charge is 0.344 e. The van der Waals surface area contributed by atoms with Crippen molar-refractivity contribution in [1.29, 1.82) is 0 Å².